The number of amides is 1. The fraction of sp³-hybridized carbons (Fsp3) is 0.688. The molecule has 2 aliphatic rings. The molecule has 3 atom stereocenters. The normalized spacial score (nSPS) is 29.1. The summed E-state index contributed by atoms with van der Waals surface area (Å²) in [5.41, 5.74) is 1.37. The predicted molar refractivity (Wildman–Crippen MR) is 83.0 cm³/mol. The highest BCUT2D eigenvalue weighted by atomic mass is 32.1. The summed E-state index contributed by atoms with van der Waals surface area (Å²) in [6, 6.07) is 2.17. The van der Waals surface area contributed by atoms with Crippen LogP contribution in [0.2, 0.25) is 0 Å². The highest BCUT2D eigenvalue weighted by Gasteiger charge is 2.46. The quantitative estimate of drug-likeness (QED) is 0.833. The lowest BCUT2D eigenvalue weighted by atomic mass is 10.1. The zero-order chi connectivity index (χ0) is 14.1. The second-order valence-corrected chi connectivity index (χ2v) is 7.32. The van der Waals surface area contributed by atoms with Gasteiger partial charge < -0.3 is 9.80 Å². The molecule has 0 N–H and O–H groups in total. The molecule has 0 aromatic carbocycles. The molecular formula is C16H24N2OS. The molecule has 1 saturated carbocycles. The molecule has 2 fully saturated rings. The van der Waals surface area contributed by atoms with Crippen molar-refractivity contribution in [3.05, 3.63) is 22.4 Å². The highest BCUT2D eigenvalue weighted by Crippen LogP contribution is 2.49. The van der Waals surface area contributed by atoms with Crippen molar-refractivity contribution in [1.29, 1.82) is 0 Å². The number of rotatable bonds is 5. The van der Waals surface area contributed by atoms with Crippen molar-refractivity contribution >= 4 is 17.2 Å². The Labute approximate surface area is 125 Å². The van der Waals surface area contributed by atoms with Crippen LogP contribution >= 0.6 is 11.3 Å². The van der Waals surface area contributed by atoms with E-state index in [-0.39, 0.29) is 5.92 Å². The van der Waals surface area contributed by atoms with Crippen LogP contribution < -0.4 is 0 Å². The van der Waals surface area contributed by atoms with Gasteiger partial charge in [0.15, 0.2) is 0 Å². The SMILES string of the molecule is CN(C)CCC1CCN(C(=O)[C@@H]2C[C@H]2c2ccsc2)C1. The number of hydrogen-bond acceptors (Lipinski definition) is 3. The second-order valence-electron chi connectivity index (χ2n) is 6.54. The Morgan fingerprint density at radius 2 is 2.35 bits per heavy atom. The van der Waals surface area contributed by atoms with Crippen LogP contribution in [0, 0.1) is 11.8 Å². The third kappa shape index (κ3) is 3.07. The fourth-order valence-electron chi connectivity index (χ4n) is 3.27. The molecular weight excluding hydrogens is 268 g/mol. The Hall–Kier alpha value is -0.870. The average molecular weight is 292 g/mol. The van der Waals surface area contributed by atoms with Gasteiger partial charge in [-0.3, -0.25) is 4.79 Å². The lowest BCUT2D eigenvalue weighted by Gasteiger charge is -2.17. The van der Waals surface area contributed by atoms with Crippen molar-refractivity contribution < 1.29 is 4.79 Å². The Morgan fingerprint density at radius 3 is 3.05 bits per heavy atom. The molecule has 1 aromatic rings. The number of likely N-dealkylation sites (tertiary alicyclic amines) is 1. The zero-order valence-corrected chi connectivity index (χ0v) is 13.2. The first-order valence-electron chi connectivity index (χ1n) is 7.60. The minimum absolute atomic E-state index is 0.275. The first-order valence-corrected chi connectivity index (χ1v) is 8.55. The van der Waals surface area contributed by atoms with E-state index >= 15 is 0 Å². The van der Waals surface area contributed by atoms with Gasteiger partial charge >= 0.3 is 0 Å². The van der Waals surface area contributed by atoms with Gasteiger partial charge in [-0.2, -0.15) is 11.3 Å². The molecule has 3 rings (SSSR count). The monoisotopic (exact) mass is 292 g/mol. The molecule has 0 spiro atoms. The summed E-state index contributed by atoms with van der Waals surface area (Å²) in [4.78, 5) is 16.9. The third-order valence-electron chi connectivity index (χ3n) is 4.66. The standard InChI is InChI=1S/C16H24N2OS/c1-17(2)6-3-12-4-7-18(10-12)16(19)15-9-14(15)13-5-8-20-11-13/h5,8,11-12,14-15H,3-4,6-7,9-10H2,1-2H3/t12?,14-,15+/m0/s1. The van der Waals surface area contributed by atoms with Crippen LogP contribution in [0.5, 0.6) is 0 Å². The number of nitrogens with zero attached hydrogens (tertiary/aromatic N) is 2. The maximum atomic E-state index is 12.5. The van der Waals surface area contributed by atoms with Gasteiger partial charge in [0, 0.05) is 19.0 Å². The first kappa shape index (κ1) is 14.1. The van der Waals surface area contributed by atoms with Gasteiger partial charge in [-0.1, -0.05) is 0 Å². The number of carbonyl (C=O) groups excluding carboxylic acids is 1. The first-order chi connectivity index (χ1) is 9.65. The van der Waals surface area contributed by atoms with Gasteiger partial charge in [-0.15, -0.1) is 0 Å². The summed E-state index contributed by atoms with van der Waals surface area (Å²) in [5, 5.41) is 4.31. The molecule has 3 nitrogen and oxygen atoms in total. The maximum Gasteiger partial charge on any atom is 0.226 e. The molecule has 2 heterocycles. The molecule has 1 aliphatic heterocycles. The molecule has 0 bridgehead atoms. The predicted octanol–water partition coefficient (Wildman–Crippen LogP) is 2.65. The van der Waals surface area contributed by atoms with Crippen molar-refractivity contribution in [2.75, 3.05) is 33.7 Å². The molecule has 4 heteroatoms. The van der Waals surface area contributed by atoms with Crippen LogP contribution in [0.1, 0.15) is 30.7 Å². The van der Waals surface area contributed by atoms with E-state index in [0.29, 0.717) is 17.7 Å². The van der Waals surface area contributed by atoms with E-state index < -0.39 is 0 Å². The van der Waals surface area contributed by atoms with Crippen molar-refractivity contribution in [2.45, 2.75) is 25.2 Å². The van der Waals surface area contributed by atoms with Crippen molar-refractivity contribution in [2.24, 2.45) is 11.8 Å². The number of hydrogen-bond donors (Lipinski definition) is 0. The summed E-state index contributed by atoms with van der Waals surface area (Å²) >= 11 is 1.73. The zero-order valence-electron chi connectivity index (χ0n) is 12.4. The summed E-state index contributed by atoms with van der Waals surface area (Å²) in [6.45, 7) is 3.09. The lowest BCUT2D eigenvalue weighted by molar-refractivity contribution is -0.131. The molecule has 1 aromatic heterocycles. The van der Waals surface area contributed by atoms with Crippen molar-refractivity contribution in [1.82, 2.24) is 9.80 Å². The summed E-state index contributed by atoms with van der Waals surface area (Å²) in [7, 11) is 4.24. The topological polar surface area (TPSA) is 23.6 Å². The lowest BCUT2D eigenvalue weighted by Crippen LogP contribution is -2.30. The molecule has 1 aliphatic carbocycles. The van der Waals surface area contributed by atoms with E-state index in [1.54, 1.807) is 11.3 Å². The molecule has 0 radical (unpaired) electrons. The average Bonchev–Trinajstić information content (AvgIpc) is 2.88. The maximum absolute atomic E-state index is 12.5. The molecule has 1 saturated heterocycles. The smallest absolute Gasteiger partial charge is 0.226 e. The minimum Gasteiger partial charge on any atom is -0.342 e. The fourth-order valence-corrected chi connectivity index (χ4v) is 3.99. The van der Waals surface area contributed by atoms with E-state index in [4.69, 9.17) is 0 Å². The number of carbonyl (C=O) groups is 1. The minimum atomic E-state index is 0.275. The van der Waals surface area contributed by atoms with Gasteiger partial charge in [0.1, 0.15) is 0 Å². The summed E-state index contributed by atoms with van der Waals surface area (Å²) < 4.78 is 0. The van der Waals surface area contributed by atoms with Crippen LogP contribution in [0.15, 0.2) is 16.8 Å². The van der Waals surface area contributed by atoms with Crippen molar-refractivity contribution in [3.63, 3.8) is 0 Å². The summed E-state index contributed by atoms with van der Waals surface area (Å²) in [6.07, 6.45) is 3.47. The number of thiophene rings is 1. The van der Waals surface area contributed by atoms with E-state index in [9.17, 15) is 4.79 Å². The molecule has 110 valence electrons. The molecule has 1 amide bonds. The van der Waals surface area contributed by atoms with Crippen LogP contribution in [0.25, 0.3) is 0 Å². The second kappa shape index (κ2) is 5.86. The summed E-state index contributed by atoms with van der Waals surface area (Å²) in [5.74, 6) is 1.90. The van der Waals surface area contributed by atoms with Crippen LogP contribution in [-0.4, -0.2) is 49.4 Å². The van der Waals surface area contributed by atoms with E-state index in [1.165, 1.54) is 18.4 Å². The largest absolute Gasteiger partial charge is 0.342 e. The Bertz CT molecular complexity index is 457. The van der Waals surface area contributed by atoms with Gasteiger partial charge in [0.05, 0.1) is 0 Å². The van der Waals surface area contributed by atoms with E-state index in [1.807, 2.05) is 0 Å². The van der Waals surface area contributed by atoms with Crippen molar-refractivity contribution in [3.8, 4) is 0 Å². The van der Waals surface area contributed by atoms with Crippen LogP contribution in [0.4, 0.5) is 0 Å². The Balaban J connectivity index is 1.48. The Kier molecular flexibility index (Phi) is 4.13. The molecule has 1 unspecified atom stereocenters. The van der Waals surface area contributed by atoms with Gasteiger partial charge in [0.25, 0.3) is 0 Å². The Morgan fingerprint density at radius 1 is 1.50 bits per heavy atom. The van der Waals surface area contributed by atoms with E-state index in [0.717, 1.165) is 26.1 Å². The highest BCUT2D eigenvalue weighted by molar-refractivity contribution is 7.08. The van der Waals surface area contributed by atoms with Gasteiger partial charge in [-0.25, -0.2) is 0 Å². The molecule has 20 heavy (non-hydrogen) atoms. The van der Waals surface area contributed by atoms with Gasteiger partial charge in [-0.05, 0) is 74.1 Å². The van der Waals surface area contributed by atoms with Crippen LogP contribution in [-0.2, 0) is 4.79 Å². The van der Waals surface area contributed by atoms with E-state index in [2.05, 4.69) is 40.7 Å². The third-order valence-corrected chi connectivity index (χ3v) is 5.36. The van der Waals surface area contributed by atoms with Crippen LogP contribution in [0.3, 0.4) is 0 Å². The van der Waals surface area contributed by atoms with Gasteiger partial charge in [0.2, 0.25) is 5.91 Å².